The molecule has 1 spiro atoms. The molecule has 148 valence electrons. The number of nitrogens with zero attached hydrogens (tertiary/aromatic N) is 3. The van der Waals surface area contributed by atoms with E-state index in [0.717, 1.165) is 19.0 Å². The Bertz CT molecular complexity index is 529. The second kappa shape index (κ2) is 10.3. The molecule has 1 aliphatic carbocycles. The molecule has 2 aliphatic rings. The van der Waals surface area contributed by atoms with Crippen LogP contribution < -0.4 is 5.32 Å². The summed E-state index contributed by atoms with van der Waals surface area (Å²) in [7, 11) is -1.39. The summed E-state index contributed by atoms with van der Waals surface area (Å²) in [5.41, 5.74) is 0.475. The largest absolute Gasteiger partial charge is 0.355 e. The molecule has 0 aromatic carbocycles. The number of aliphatic imine (C=N–C) groups is 1. The molecule has 0 bridgehead atoms. The quantitative estimate of drug-likeness (QED) is 0.356. The topological polar surface area (TPSA) is 65.0 Å². The van der Waals surface area contributed by atoms with Gasteiger partial charge in [0.1, 0.15) is 0 Å². The molecule has 1 heterocycles. The van der Waals surface area contributed by atoms with Crippen LogP contribution in [-0.4, -0.2) is 69.1 Å². The molecule has 1 N–H and O–H groups in total. The molecule has 0 radical (unpaired) electrons. The van der Waals surface area contributed by atoms with Gasteiger partial charge >= 0.3 is 0 Å². The molecule has 1 saturated heterocycles. The van der Waals surface area contributed by atoms with Crippen LogP contribution >= 0.6 is 24.0 Å². The molecule has 25 heavy (non-hydrogen) atoms. The number of sulfonamides is 1. The molecular formula is C17H35IN4O2S. The Balaban J connectivity index is 0.00000312. The van der Waals surface area contributed by atoms with E-state index in [2.05, 4.69) is 15.2 Å². The van der Waals surface area contributed by atoms with Crippen LogP contribution in [0, 0.1) is 5.41 Å². The second-order valence-electron chi connectivity index (χ2n) is 7.11. The van der Waals surface area contributed by atoms with Gasteiger partial charge in [-0.05, 0) is 24.7 Å². The number of guanidine groups is 1. The Kier molecular flexibility index (Phi) is 9.45. The fourth-order valence-electron chi connectivity index (χ4n) is 4.20. The monoisotopic (exact) mass is 486 g/mol. The van der Waals surface area contributed by atoms with E-state index in [0.29, 0.717) is 25.0 Å². The van der Waals surface area contributed by atoms with Gasteiger partial charge in [-0.15, -0.1) is 24.0 Å². The second-order valence-corrected chi connectivity index (χ2v) is 9.19. The first-order valence-electron chi connectivity index (χ1n) is 9.40. The summed E-state index contributed by atoms with van der Waals surface area (Å²) in [6.07, 6.45) is 7.97. The molecule has 0 aromatic heterocycles. The van der Waals surface area contributed by atoms with Gasteiger partial charge < -0.3 is 10.2 Å². The SMILES string of the molecule is CCN(CC)S(=O)(=O)CCNC(=NC)N1CCC2(CCCCC2)C1.I. The third-order valence-electron chi connectivity index (χ3n) is 5.61. The van der Waals surface area contributed by atoms with Crippen LogP contribution in [-0.2, 0) is 10.0 Å². The van der Waals surface area contributed by atoms with Crippen molar-refractivity contribution in [3.8, 4) is 0 Å². The number of nitrogens with one attached hydrogen (secondary N) is 1. The minimum absolute atomic E-state index is 0. The minimum Gasteiger partial charge on any atom is -0.355 e. The number of hydrogen-bond acceptors (Lipinski definition) is 3. The molecule has 2 fully saturated rings. The lowest BCUT2D eigenvalue weighted by atomic mass is 9.73. The van der Waals surface area contributed by atoms with Crippen molar-refractivity contribution in [1.29, 1.82) is 0 Å². The fourth-order valence-corrected chi connectivity index (χ4v) is 5.60. The molecule has 6 nitrogen and oxygen atoms in total. The lowest BCUT2D eigenvalue weighted by molar-refractivity contribution is 0.203. The number of likely N-dealkylation sites (tertiary alicyclic amines) is 1. The Morgan fingerprint density at radius 2 is 1.80 bits per heavy atom. The van der Waals surface area contributed by atoms with Crippen LogP contribution in [0.1, 0.15) is 52.4 Å². The van der Waals surface area contributed by atoms with Crippen molar-refractivity contribution in [3.63, 3.8) is 0 Å². The van der Waals surface area contributed by atoms with Crippen molar-refractivity contribution >= 4 is 40.0 Å². The Hall–Kier alpha value is -0.0900. The average molecular weight is 486 g/mol. The maximum absolute atomic E-state index is 12.3. The van der Waals surface area contributed by atoms with Crippen molar-refractivity contribution in [1.82, 2.24) is 14.5 Å². The maximum atomic E-state index is 12.3. The zero-order valence-electron chi connectivity index (χ0n) is 16.0. The first kappa shape index (κ1) is 23.0. The van der Waals surface area contributed by atoms with Crippen molar-refractivity contribution in [3.05, 3.63) is 0 Å². The van der Waals surface area contributed by atoms with Gasteiger partial charge in [0.15, 0.2) is 5.96 Å². The van der Waals surface area contributed by atoms with Gasteiger partial charge in [-0.1, -0.05) is 33.1 Å². The lowest BCUT2D eigenvalue weighted by Gasteiger charge is -2.33. The normalized spacial score (nSPS) is 20.8. The third-order valence-corrected chi connectivity index (χ3v) is 7.63. The van der Waals surface area contributed by atoms with Crippen LogP contribution in [0.3, 0.4) is 0 Å². The van der Waals surface area contributed by atoms with E-state index < -0.39 is 10.0 Å². The van der Waals surface area contributed by atoms with E-state index >= 15 is 0 Å². The van der Waals surface area contributed by atoms with Gasteiger partial charge in [-0.2, -0.15) is 0 Å². The molecule has 0 atom stereocenters. The summed E-state index contributed by atoms with van der Waals surface area (Å²) in [6.45, 7) is 7.32. The summed E-state index contributed by atoms with van der Waals surface area (Å²) in [5.74, 6) is 0.972. The van der Waals surface area contributed by atoms with E-state index in [9.17, 15) is 8.42 Å². The van der Waals surface area contributed by atoms with Gasteiger partial charge in [-0.3, -0.25) is 4.99 Å². The fraction of sp³-hybridized carbons (Fsp3) is 0.941. The Morgan fingerprint density at radius 3 is 2.36 bits per heavy atom. The van der Waals surface area contributed by atoms with Crippen LogP contribution in [0.4, 0.5) is 0 Å². The molecule has 2 rings (SSSR count). The molecule has 0 amide bonds. The van der Waals surface area contributed by atoms with E-state index in [4.69, 9.17) is 0 Å². The first-order chi connectivity index (χ1) is 11.5. The summed E-state index contributed by atoms with van der Waals surface area (Å²) in [4.78, 5) is 6.69. The highest BCUT2D eigenvalue weighted by Gasteiger charge is 2.39. The number of hydrogen-bond donors (Lipinski definition) is 1. The highest BCUT2D eigenvalue weighted by molar-refractivity contribution is 14.0. The highest BCUT2D eigenvalue weighted by Crippen LogP contribution is 2.43. The van der Waals surface area contributed by atoms with Crippen molar-refractivity contribution < 1.29 is 8.42 Å². The maximum Gasteiger partial charge on any atom is 0.215 e. The standard InChI is InChI=1S/C17H34N4O2S.HI/c1-4-21(5-2)24(22,23)14-12-19-16(18-3)20-13-11-17(15-20)9-7-6-8-10-17;/h4-15H2,1-3H3,(H,18,19);1H. The molecule has 1 aliphatic heterocycles. The van der Waals surface area contributed by atoms with Crippen LogP contribution in [0.15, 0.2) is 4.99 Å². The molecule has 1 saturated carbocycles. The first-order valence-corrected chi connectivity index (χ1v) is 11.0. The van der Waals surface area contributed by atoms with E-state index in [-0.39, 0.29) is 29.7 Å². The van der Waals surface area contributed by atoms with Gasteiger partial charge in [0.2, 0.25) is 10.0 Å². The zero-order valence-corrected chi connectivity index (χ0v) is 19.1. The minimum atomic E-state index is -3.18. The zero-order chi connectivity index (χ0) is 17.6. The average Bonchev–Trinajstić information content (AvgIpc) is 2.96. The number of halogens is 1. The summed E-state index contributed by atoms with van der Waals surface area (Å²) in [6, 6.07) is 0. The van der Waals surface area contributed by atoms with Crippen molar-refractivity contribution in [2.75, 3.05) is 45.5 Å². The molecule has 0 unspecified atom stereocenters. The summed E-state index contributed by atoms with van der Waals surface area (Å²) < 4.78 is 26.0. The van der Waals surface area contributed by atoms with Crippen LogP contribution in [0.5, 0.6) is 0 Å². The van der Waals surface area contributed by atoms with Crippen LogP contribution in [0.2, 0.25) is 0 Å². The van der Waals surface area contributed by atoms with Crippen molar-refractivity contribution in [2.45, 2.75) is 52.4 Å². The van der Waals surface area contributed by atoms with E-state index in [1.54, 1.807) is 7.05 Å². The Morgan fingerprint density at radius 1 is 1.16 bits per heavy atom. The highest BCUT2D eigenvalue weighted by atomic mass is 127. The molecule has 8 heteroatoms. The van der Waals surface area contributed by atoms with Gasteiger partial charge in [-0.25, -0.2) is 12.7 Å². The molecular weight excluding hydrogens is 451 g/mol. The van der Waals surface area contributed by atoms with Gasteiger partial charge in [0.25, 0.3) is 0 Å². The third kappa shape index (κ3) is 5.95. The Labute approximate surface area is 170 Å². The van der Waals surface area contributed by atoms with E-state index in [1.807, 2.05) is 13.8 Å². The predicted octanol–water partition coefficient (Wildman–Crippen LogP) is 2.51. The summed E-state index contributed by atoms with van der Waals surface area (Å²) >= 11 is 0. The smallest absolute Gasteiger partial charge is 0.215 e. The lowest BCUT2D eigenvalue weighted by Crippen LogP contribution is -2.44. The van der Waals surface area contributed by atoms with Gasteiger partial charge in [0, 0.05) is 39.8 Å². The van der Waals surface area contributed by atoms with E-state index in [1.165, 1.54) is 42.8 Å². The predicted molar refractivity (Wildman–Crippen MR) is 115 cm³/mol. The van der Waals surface area contributed by atoms with Gasteiger partial charge in [0.05, 0.1) is 5.75 Å². The van der Waals surface area contributed by atoms with Crippen molar-refractivity contribution in [2.24, 2.45) is 10.4 Å². The number of rotatable bonds is 6. The van der Waals surface area contributed by atoms with Crippen LogP contribution in [0.25, 0.3) is 0 Å². The summed E-state index contributed by atoms with van der Waals surface area (Å²) in [5, 5.41) is 3.26. The molecule has 0 aromatic rings.